The van der Waals surface area contributed by atoms with E-state index in [0.717, 1.165) is 11.1 Å². The van der Waals surface area contributed by atoms with Crippen LogP contribution in [0.2, 0.25) is 4.71 Å². The van der Waals surface area contributed by atoms with Gasteiger partial charge in [-0.15, -0.1) is 0 Å². The molecular formula is C29H25AsF3N3O4. The van der Waals surface area contributed by atoms with Gasteiger partial charge in [0.05, 0.1) is 7.11 Å². The Balaban J connectivity index is 1.69. The van der Waals surface area contributed by atoms with Crippen molar-refractivity contribution in [2.45, 2.75) is 30.3 Å². The molecule has 0 aliphatic carbocycles. The van der Waals surface area contributed by atoms with Crippen molar-refractivity contribution in [1.29, 1.82) is 0 Å². The molecule has 0 amide bonds. The van der Waals surface area contributed by atoms with E-state index < -0.39 is 23.0 Å². The molecule has 0 saturated carbocycles. The molecule has 0 aliphatic rings. The number of aryl methyl sites for hydroxylation is 1. The van der Waals surface area contributed by atoms with Crippen molar-refractivity contribution in [3.8, 4) is 34.0 Å². The van der Waals surface area contributed by atoms with Gasteiger partial charge in [-0.2, -0.15) is 13.2 Å². The Bertz CT molecular complexity index is 1500. The van der Waals surface area contributed by atoms with Crippen LogP contribution in [0.4, 0.5) is 19.1 Å². The van der Waals surface area contributed by atoms with Crippen molar-refractivity contribution in [1.82, 2.24) is 9.97 Å². The number of nitrogens with two attached hydrogens (primary N) is 1. The number of aliphatic carboxylic acids is 1. The van der Waals surface area contributed by atoms with Crippen LogP contribution < -0.4 is 15.2 Å². The molecule has 2 radical (unpaired) electrons. The fraction of sp³-hybridized carbons (Fsp3) is 0.207. The average Bonchev–Trinajstić information content (AvgIpc) is 2.91. The van der Waals surface area contributed by atoms with Gasteiger partial charge in [-0.05, 0) is 30.2 Å². The minimum atomic E-state index is -4.78. The molecule has 3 aromatic carbocycles. The Morgan fingerprint density at radius 3 is 2.25 bits per heavy atom. The summed E-state index contributed by atoms with van der Waals surface area (Å²) in [6.07, 6.45) is -6.82. The average molecular weight is 611 g/mol. The molecule has 4 rings (SSSR count). The Morgan fingerprint density at radius 2 is 1.65 bits per heavy atom. The summed E-state index contributed by atoms with van der Waals surface area (Å²) in [6.45, 7) is 1.80. The van der Waals surface area contributed by atoms with Gasteiger partial charge in [0, 0.05) is 0 Å². The molecule has 0 saturated heterocycles. The summed E-state index contributed by atoms with van der Waals surface area (Å²) in [5.74, 6) is -0.952. The van der Waals surface area contributed by atoms with Gasteiger partial charge in [0.15, 0.2) is 0 Å². The summed E-state index contributed by atoms with van der Waals surface area (Å²) in [6, 6.07) is 19.5. The number of hydrogen-bond acceptors (Lipinski definition) is 6. The summed E-state index contributed by atoms with van der Waals surface area (Å²) >= 11 is 2.10. The van der Waals surface area contributed by atoms with E-state index in [1.54, 1.807) is 67.6 Å². The number of methoxy groups -OCH3 is 1. The number of aromatic nitrogens is 2. The maximum absolute atomic E-state index is 14.5. The molecule has 0 spiro atoms. The van der Waals surface area contributed by atoms with Crippen molar-refractivity contribution in [2.24, 2.45) is 0 Å². The first-order chi connectivity index (χ1) is 18.9. The van der Waals surface area contributed by atoms with E-state index in [9.17, 15) is 18.0 Å². The molecule has 40 heavy (non-hydrogen) atoms. The van der Waals surface area contributed by atoms with Crippen LogP contribution in [-0.2, 0) is 11.2 Å². The predicted octanol–water partition coefficient (Wildman–Crippen LogP) is 5.98. The van der Waals surface area contributed by atoms with Gasteiger partial charge in [0.25, 0.3) is 0 Å². The second-order valence-corrected chi connectivity index (χ2v) is 10.4. The minimum Gasteiger partial charge on any atom is -0.167 e. The van der Waals surface area contributed by atoms with Crippen molar-refractivity contribution in [3.05, 3.63) is 89.5 Å². The molecule has 3 N–H and O–H groups in total. The van der Waals surface area contributed by atoms with Crippen LogP contribution in [0, 0.1) is 6.92 Å². The van der Waals surface area contributed by atoms with E-state index >= 15 is 0 Å². The zero-order chi connectivity index (χ0) is 29.0. The molecule has 1 aromatic heterocycles. The van der Waals surface area contributed by atoms with E-state index in [-0.39, 0.29) is 23.1 Å². The Kier molecular flexibility index (Phi) is 8.69. The van der Waals surface area contributed by atoms with Crippen molar-refractivity contribution < 1.29 is 32.5 Å². The third kappa shape index (κ3) is 6.93. The standard InChI is InChI=1S/C29H25AsF3N3O4/c1-16-3-12-21(22(13-16)18-8-10-20(39-2)11-9-18)26(29(31,32)33)40-25-15-24(35-28(34)36-25)19-6-4-17(5-7-19)14-23(30)27(37)38/h3-13,15,23,26H,14H2,1-2H3,(H,37,38)(H2,34,35,36)/t23-,26?/m0/s1. The number of alkyl halides is 3. The van der Waals surface area contributed by atoms with Crippen LogP contribution in [0.3, 0.4) is 0 Å². The number of hydrogen-bond donors (Lipinski definition) is 2. The van der Waals surface area contributed by atoms with Crippen LogP contribution in [-0.4, -0.2) is 51.2 Å². The van der Waals surface area contributed by atoms with Gasteiger partial charge >= 0.3 is 141 Å². The number of halogens is 3. The molecule has 7 nitrogen and oxygen atoms in total. The van der Waals surface area contributed by atoms with Gasteiger partial charge < -0.3 is 4.74 Å². The third-order valence-corrected chi connectivity index (χ3v) is 6.96. The SMILES string of the molecule is COc1ccc(-c2cc(C)ccc2C(Oc2cc(-c3ccc(C[C@H]([As])C(=O)O)cc3)nc(N)n2)C(F)(F)F)cc1. The summed E-state index contributed by atoms with van der Waals surface area (Å²) in [5, 5.41) is 9.12. The summed E-state index contributed by atoms with van der Waals surface area (Å²) in [5.41, 5.74) is 9.07. The van der Waals surface area contributed by atoms with E-state index in [1.165, 1.54) is 19.2 Å². The first-order valence-corrected chi connectivity index (χ1v) is 13.2. The summed E-state index contributed by atoms with van der Waals surface area (Å²) in [7, 11) is 1.51. The predicted molar refractivity (Wildman–Crippen MR) is 145 cm³/mol. The number of carboxylic acids is 1. The number of ether oxygens (including phenoxy) is 2. The zero-order valence-corrected chi connectivity index (χ0v) is 23.4. The van der Waals surface area contributed by atoms with Crippen LogP contribution in [0.25, 0.3) is 22.4 Å². The minimum absolute atomic E-state index is 0.0858. The van der Waals surface area contributed by atoms with Crippen molar-refractivity contribution in [2.75, 3.05) is 12.8 Å². The Hall–Kier alpha value is -4.04. The van der Waals surface area contributed by atoms with Crippen LogP contribution >= 0.6 is 0 Å². The number of nitrogens with zero attached hydrogens (tertiary/aromatic N) is 2. The fourth-order valence-electron chi connectivity index (χ4n) is 4.12. The maximum atomic E-state index is 14.5. The topological polar surface area (TPSA) is 108 Å². The summed E-state index contributed by atoms with van der Waals surface area (Å²) < 4.78 is 53.5. The first kappa shape index (κ1) is 29.0. The summed E-state index contributed by atoms with van der Waals surface area (Å²) in [4.78, 5) is 19.2. The third-order valence-electron chi connectivity index (χ3n) is 6.11. The van der Waals surface area contributed by atoms with Gasteiger partial charge in [-0.3, -0.25) is 0 Å². The molecule has 0 fully saturated rings. The second kappa shape index (κ2) is 12.0. The van der Waals surface area contributed by atoms with E-state index in [4.69, 9.17) is 20.3 Å². The van der Waals surface area contributed by atoms with Gasteiger partial charge in [0.1, 0.15) is 5.75 Å². The van der Waals surface area contributed by atoms with Gasteiger partial charge in [-0.1, -0.05) is 35.9 Å². The second-order valence-electron chi connectivity index (χ2n) is 9.06. The van der Waals surface area contributed by atoms with E-state index in [0.29, 0.717) is 28.9 Å². The Morgan fingerprint density at radius 1 is 1.00 bits per heavy atom. The molecule has 0 aliphatic heterocycles. The number of anilines is 1. The molecule has 206 valence electrons. The molecule has 0 bridgehead atoms. The zero-order valence-electron chi connectivity index (χ0n) is 21.5. The van der Waals surface area contributed by atoms with Crippen LogP contribution in [0.1, 0.15) is 22.8 Å². The smallest absolute Gasteiger partial charge is 0.167 e. The number of rotatable bonds is 9. The van der Waals surface area contributed by atoms with Crippen molar-refractivity contribution in [3.63, 3.8) is 0 Å². The Labute approximate surface area is 237 Å². The molecule has 4 aromatic rings. The normalized spacial score (nSPS) is 12.9. The van der Waals surface area contributed by atoms with Crippen LogP contribution in [0.15, 0.2) is 72.8 Å². The first-order valence-electron chi connectivity index (χ1n) is 12.1. The molecule has 1 heterocycles. The van der Waals surface area contributed by atoms with E-state index in [2.05, 4.69) is 26.8 Å². The quantitative estimate of drug-likeness (QED) is 0.225. The fourth-order valence-corrected chi connectivity index (χ4v) is 4.56. The number of benzene rings is 3. The number of carboxylic acid groups (broad SMARTS) is 1. The number of nitrogen functional groups attached to an aromatic ring is 1. The number of carbonyl (C=O) groups is 1. The van der Waals surface area contributed by atoms with Gasteiger partial charge in [0.2, 0.25) is 0 Å². The van der Waals surface area contributed by atoms with Crippen LogP contribution in [0.5, 0.6) is 11.6 Å². The van der Waals surface area contributed by atoms with E-state index in [1.807, 2.05) is 0 Å². The molecule has 11 heteroatoms. The molecule has 2 atom stereocenters. The van der Waals surface area contributed by atoms with Crippen molar-refractivity contribution >= 4 is 28.8 Å². The molecule has 1 unspecified atom stereocenters. The molecular weight excluding hydrogens is 586 g/mol. The monoisotopic (exact) mass is 611 g/mol. The van der Waals surface area contributed by atoms with Gasteiger partial charge in [-0.25, -0.2) is 0 Å².